The van der Waals surface area contributed by atoms with Crippen LogP contribution in [0.25, 0.3) is 0 Å². The summed E-state index contributed by atoms with van der Waals surface area (Å²) in [7, 11) is 0. The predicted molar refractivity (Wildman–Crippen MR) is 69.9 cm³/mol. The molecule has 1 amide bonds. The van der Waals surface area contributed by atoms with Gasteiger partial charge in [-0.15, -0.1) is 0 Å². The van der Waals surface area contributed by atoms with E-state index in [4.69, 9.17) is 5.73 Å². The Bertz CT molecular complexity index is 579. The first-order valence-corrected chi connectivity index (χ1v) is 5.49. The number of nitrogens with one attached hydrogen (secondary N) is 1. The standard InChI is InChI=1S/C14H13FN2O/c1-9-2-5-11(6-3-9)17-14(18)12-8-10(16)4-7-13(12)15/h2-8H,16H2,1H3,(H,17,18). The fraction of sp³-hybridized carbons (Fsp3) is 0.0714. The Morgan fingerprint density at radius 3 is 2.50 bits per heavy atom. The maximum Gasteiger partial charge on any atom is 0.258 e. The Kier molecular flexibility index (Phi) is 3.28. The van der Waals surface area contributed by atoms with Crippen LogP contribution >= 0.6 is 0 Å². The number of aryl methyl sites for hydroxylation is 1. The topological polar surface area (TPSA) is 55.1 Å². The summed E-state index contributed by atoms with van der Waals surface area (Å²) in [6.07, 6.45) is 0. The molecule has 0 atom stereocenters. The number of hydrogen-bond donors (Lipinski definition) is 2. The van der Waals surface area contributed by atoms with Crippen LogP contribution in [0.3, 0.4) is 0 Å². The summed E-state index contributed by atoms with van der Waals surface area (Å²) in [5, 5.41) is 2.62. The molecule has 0 saturated heterocycles. The molecule has 0 aliphatic rings. The van der Waals surface area contributed by atoms with Crippen molar-refractivity contribution in [1.82, 2.24) is 0 Å². The van der Waals surface area contributed by atoms with Crippen molar-refractivity contribution in [2.24, 2.45) is 0 Å². The summed E-state index contributed by atoms with van der Waals surface area (Å²) in [5.74, 6) is -1.10. The number of amides is 1. The van der Waals surface area contributed by atoms with E-state index in [1.165, 1.54) is 18.2 Å². The van der Waals surface area contributed by atoms with Crippen LogP contribution in [-0.2, 0) is 0 Å². The highest BCUT2D eigenvalue weighted by molar-refractivity contribution is 6.04. The lowest BCUT2D eigenvalue weighted by Crippen LogP contribution is -2.14. The molecule has 0 spiro atoms. The summed E-state index contributed by atoms with van der Waals surface area (Å²) in [4.78, 5) is 11.9. The fourth-order valence-corrected chi connectivity index (χ4v) is 1.55. The zero-order valence-electron chi connectivity index (χ0n) is 9.91. The monoisotopic (exact) mass is 244 g/mol. The Balaban J connectivity index is 2.21. The molecular weight excluding hydrogens is 231 g/mol. The molecule has 4 heteroatoms. The summed E-state index contributed by atoms with van der Waals surface area (Å²) >= 11 is 0. The minimum atomic E-state index is -0.589. The molecule has 0 aromatic heterocycles. The van der Waals surface area contributed by atoms with E-state index in [-0.39, 0.29) is 5.56 Å². The van der Waals surface area contributed by atoms with Crippen molar-refractivity contribution >= 4 is 17.3 Å². The Morgan fingerprint density at radius 1 is 1.17 bits per heavy atom. The van der Waals surface area contributed by atoms with Gasteiger partial charge in [0.15, 0.2) is 0 Å². The maximum atomic E-state index is 13.5. The Labute approximate surface area is 104 Å². The van der Waals surface area contributed by atoms with E-state index in [0.29, 0.717) is 11.4 Å². The first kappa shape index (κ1) is 12.1. The number of carbonyl (C=O) groups excluding carboxylic acids is 1. The van der Waals surface area contributed by atoms with Crippen molar-refractivity contribution in [2.45, 2.75) is 6.92 Å². The third-order valence-corrected chi connectivity index (χ3v) is 2.54. The third-order valence-electron chi connectivity index (χ3n) is 2.54. The molecule has 2 rings (SSSR count). The van der Waals surface area contributed by atoms with Crippen molar-refractivity contribution in [3.63, 3.8) is 0 Å². The van der Waals surface area contributed by atoms with Gasteiger partial charge in [-0.25, -0.2) is 4.39 Å². The smallest absolute Gasteiger partial charge is 0.258 e. The van der Waals surface area contributed by atoms with E-state index in [9.17, 15) is 9.18 Å². The van der Waals surface area contributed by atoms with Crippen molar-refractivity contribution in [3.8, 4) is 0 Å². The van der Waals surface area contributed by atoms with Gasteiger partial charge in [0, 0.05) is 11.4 Å². The number of anilines is 2. The van der Waals surface area contributed by atoms with Crippen LogP contribution in [0.4, 0.5) is 15.8 Å². The number of nitrogen functional groups attached to an aromatic ring is 1. The van der Waals surface area contributed by atoms with Crippen LogP contribution < -0.4 is 11.1 Å². The van der Waals surface area contributed by atoms with Crippen LogP contribution in [0.1, 0.15) is 15.9 Å². The number of benzene rings is 2. The zero-order chi connectivity index (χ0) is 13.1. The fourth-order valence-electron chi connectivity index (χ4n) is 1.55. The lowest BCUT2D eigenvalue weighted by atomic mass is 10.1. The van der Waals surface area contributed by atoms with Crippen LogP contribution in [-0.4, -0.2) is 5.91 Å². The minimum Gasteiger partial charge on any atom is -0.399 e. The average molecular weight is 244 g/mol. The molecule has 0 aliphatic carbocycles. The number of nitrogens with two attached hydrogens (primary N) is 1. The van der Waals surface area contributed by atoms with Crippen LogP contribution in [0.5, 0.6) is 0 Å². The van der Waals surface area contributed by atoms with Crippen molar-refractivity contribution in [3.05, 3.63) is 59.4 Å². The van der Waals surface area contributed by atoms with E-state index >= 15 is 0 Å². The lowest BCUT2D eigenvalue weighted by Gasteiger charge is -2.07. The van der Waals surface area contributed by atoms with Crippen LogP contribution in [0, 0.1) is 12.7 Å². The number of hydrogen-bond acceptors (Lipinski definition) is 2. The first-order valence-electron chi connectivity index (χ1n) is 5.49. The van der Waals surface area contributed by atoms with E-state index in [1.54, 1.807) is 12.1 Å². The first-order chi connectivity index (χ1) is 8.56. The normalized spacial score (nSPS) is 10.1. The molecule has 0 aliphatic heterocycles. The Morgan fingerprint density at radius 2 is 1.83 bits per heavy atom. The van der Waals surface area contributed by atoms with Gasteiger partial charge in [0.1, 0.15) is 5.82 Å². The van der Waals surface area contributed by atoms with Gasteiger partial charge in [-0.05, 0) is 37.3 Å². The predicted octanol–water partition coefficient (Wildman–Crippen LogP) is 2.97. The highest BCUT2D eigenvalue weighted by Crippen LogP contribution is 2.15. The maximum absolute atomic E-state index is 13.5. The van der Waals surface area contributed by atoms with Crippen molar-refractivity contribution in [1.29, 1.82) is 0 Å². The van der Waals surface area contributed by atoms with Gasteiger partial charge < -0.3 is 11.1 Å². The molecular formula is C14H13FN2O. The van der Waals surface area contributed by atoms with Gasteiger partial charge in [0.05, 0.1) is 5.56 Å². The molecule has 0 bridgehead atoms. The second-order valence-electron chi connectivity index (χ2n) is 4.06. The lowest BCUT2D eigenvalue weighted by molar-refractivity contribution is 0.102. The molecule has 92 valence electrons. The summed E-state index contributed by atoms with van der Waals surface area (Å²) in [6, 6.07) is 11.2. The number of carbonyl (C=O) groups is 1. The van der Waals surface area contributed by atoms with Crippen LogP contribution in [0.15, 0.2) is 42.5 Å². The second-order valence-corrected chi connectivity index (χ2v) is 4.06. The summed E-state index contributed by atoms with van der Waals surface area (Å²) < 4.78 is 13.5. The van der Waals surface area contributed by atoms with Gasteiger partial charge in [-0.3, -0.25) is 4.79 Å². The average Bonchev–Trinajstić information content (AvgIpc) is 2.35. The molecule has 0 fully saturated rings. The zero-order valence-corrected chi connectivity index (χ0v) is 9.91. The molecule has 3 N–H and O–H groups in total. The molecule has 3 nitrogen and oxygen atoms in total. The highest BCUT2D eigenvalue weighted by Gasteiger charge is 2.12. The molecule has 0 radical (unpaired) electrons. The van der Waals surface area contributed by atoms with E-state index < -0.39 is 11.7 Å². The van der Waals surface area contributed by atoms with E-state index in [0.717, 1.165) is 5.56 Å². The summed E-state index contributed by atoms with van der Waals surface area (Å²) in [6.45, 7) is 1.95. The highest BCUT2D eigenvalue weighted by atomic mass is 19.1. The number of rotatable bonds is 2. The molecule has 0 unspecified atom stereocenters. The van der Waals surface area contributed by atoms with E-state index in [2.05, 4.69) is 5.32 Å². The molecule has 2 aromatic carbocycles. The van der Waals surface area contributed by atoms with E-state index in [1.807, 2.05) is 19.1 Å². The van der Waals surface area contributed by atoms with Crippen molar-refractivity contribution < 1.29 is 9.18 Å². The minimum absolute atomic E-state index is 0.0597. The van der Waals surface area contributed by atoms with Gasteiger partial charge in [-0.2, -0.15) is 0 Å². The third kappa shape index (κ3) is 2.66. The summed E-state index contributed by atoms with van der Waals surface area (Å²) in [5.41, 5.74) is 7.53. The SMILES string of the molecule is Cc1ccc(NC(=O)c2cc(N)ccc2F)cc1. The largest absolute Gasteiger partial charge is 0.399 e. The Hall–Kier alpha value is -2.36. The second kappa shape index (κ2) is 4.87. The van der Waals surface area contributed by atoms with Gasteiger partial charge in [-0.1, -0.05) is 17.7 Å². The van der Waals surface area contributed by atoms with Crippen molar-refractivity contribution in [2.75, 3.05) is 11.1 Å². The van der Waals surface area contributed by atoms with Gasteiger partial charge in [0.2, 0.25) is 0 Å². The molecule has 0 saturated carbocycles. The molecule has 0 heterocycles. The number of halogens is 1. The van der Waals surface area contributed by atoms with Gasteiger partial charge >= 0.3 is 0 Å². The molecule has 2 aromatic rings. The molecule has 18 heavy (non-hydrogen) atoms. The van der Waals surface area contributed by atoms with Gasteiger partial charge in [0.25, 0.3) is 5.91 Å². The quantitative estimate of drug-likeness (QED) is 0.798. The van der Waals surface area contributed by atoms with Crippen LogP contribution in [0.2, 0.25) is 0 Å².